The Morgan fingerprint density at radius 3 is 2.82 bits per heavy atom. The summed E-state index contributed by atoms with van der Waals surface area (Å²) in [7, 11) is 0. The average molecular weight is 245 g/mol. The number of H-pyrrole nitrogens is 1. The van der Waals surface area contributed by atoms with E-state index in [-0.39, 0.29) is 11.7 Å². The molecule has 0 aromatic carbocycles. The number of rotatable bonds is 3. The number of halogens is 3. The van der Waals surface area contributed by atoms with E-state index in [4.69, 9.17) is 0 Å². The smallest absolute Gasteiger partial charge is 0.359 e. The minimum atomic E-state index is -4.89. The molecule has 0 spiro atoms. The van der Waals surface area contributed by atoms with Gasteiger partial charge in [-0.25, -0.2) is 0 Å². The van der Waals surface area contributed by atoms with Gasteiger partial charge in [-0.05, 0) is 12.1 Å². The summed E-state index contributed by atoms with van der Waals surface area (Å²) < 4.78 is 40.5. The molecule has 0 unspecified atom stereocenters. The number of hydrogen-bond acceptors (Lipinski definition) is 4. The third-order valence-corrected chi connectivity index (χ3v) is 1.93. The van der Waals surface area contributed by atoms with E-state index in [1.165, 1.54) is 0 Å². The van der Waals surface area contributed by atoms with Crippen molar-refractivity contribution in [1.29, 1.82) is 0 Å². The third-order valence-electron chi connectivity index (χ3n) is 1.93. The molecule has 0 amide bonds. The number of nitrogens with one attached hydrogen (secondary N) is 1. The molecule has 0 atom stereocenters. The largest absolute Gasteiger partial charge is 0.450 e. The van der Waals surface area contributed by atoms with Crippen molar-refractivity contribution >= 4 is 5.78 Å². The van der Waals surface area contributed by atoms with Gasteiger partial charge in [0.25, 0.3) is 0 Å². The highest BCUT2D eigenvalue weighted by molar-refractivity contribution is 5.85. The van der Waals surface area contributed by atoms with Crippen molar-refractivity contribution in [1.82, 2.24) is 15.1 Å². The predicted molar refractivity (Wildman–Crippen MR) is 48.9 cm³/mol. The predicted octanol–water partition coefficient (Wildman–Crippen LogP) is 1.74. The van der Waals surface area contributed by atoms with Crippen molar-refractivity contribution in [2.75, 3.05) is 0 Å². The van der Waals surface area contributed by atoms with Gasteiger partial charge < -0.3 is 9.51 Å². The Kier molecular flexibility index (Phi) is 2.70. The van der Waals surface area contributed by atoms with Crippen LogP contribution in [0.2, 0.25) is 0 Å². The van der Waals surface area contributed by atoms with Crippen LogP contribution < -0.4 is 0 Å². The molecule has 0 aliphatic rings. The van der Waals surface area contributed by atoms with Gasteiger partial charge in [-0.3, -0.25) is 4.79 Å². The molecule has 0 aliphatic carbocycles. The Labute approximate surface area is 92.6 Å². The third kappa shape index (κ3) is 2.52. The van der Waals surface area contributed by atoms with Gasteiger partial charge in [0.1, 0.15) is 0 Å². The van der Waals surface area contributed by atoms with Crippen LogP contribution in [0.3, 0.4) is 0 Å². The standard InChI is InChI=1S/C9H6F3N3O2/c10-9(11,12)6(16)4-7-14-8(15-17-7)5-2-1-3-13-5/h1-3,13H,4H2. The van der Waals surface area contributed by atoms with Crippen molar-refractivity contribution in [3.63, 3.8) is 0 Å². The maximum absolute atomic E-state index is 12.0. The van der Waals surface area contributed by atoms with E-state index in [1.54, 1.807) is 18.3 Å². The monoisotopic (exact) mass is 245 g/mol. The van der Waals surface area contributed by atoms with Crippen molar-refractivity contribution in [3.05, 3.63) is 24.2 Å². The molecule has 2 aromatic rings. The fraction of sp³-hybridized carbons (Fsp3) is 0.222. The SMILES string of the molecule is O=C(Cc1nc(-c2ccc[nH]2)no1)C(F)(F)F. The summed E-state index contributed by atoms with van der Waals surface area (Å²) >= 11 is 0. The molecule has 0 fully saturated rings. The summed E-state index contributed by atoms with van der Waals surface area (Å²) in [6.07, 6.45) is -4.23. The lowest BCUT2D eigenvalue weighted by molar-refractivity contribution is -0.170. The highest BCUT2D eigenvalue weighted by Gasteiger charge is 2.39. The van der Waals surface area contributed by atoms with Crippen LogP contribution in [-0.4, -0.2) is 27.1 Å². The molecule has 0 aliphatic heterocycles. The number of ketones is 1. The molecule has 2 aromatic heterocycles. The Balaban J connectivity index is 2.12. The molecule has 0 bridgehead atoms. The number of aromatic nitrogens is 3. The van der Waals surface area contributed by atoms with E-state index in [0.29, 0.717) is 5.69 Å². The van der Waals surface area contributed by atoms with Gasteiger partial charge in [0.15, 0.2) is 0 Å². The summed E-state index contributed by atoms with van der Waals surface area (Å²) in [5.41, 5.74) is 0.499. The van der Waals surface area contributed by atoms with E-state index >= 15 is 0 Å². The van der Waals surface area contributed by atoms with Crippen LogP contribution in [0.25, 0.3) is 11.5 Å². The topological polar surface area (TPSA) is 71.8 Å². The zero-order valence-electron chi connectivity index (χ0n) is 8.28. The zero-order chi connectivity index (χ0) is 12.5. The van der Waals surface area contributed by atoms with Gasteiger partial charge in [-0.15, -0.1) is 0 Å². The Bertz CT molecular complexity index is 516. The van der Waals surface area contributed by atoms with Crippen LogP contribution in [0.15, 0.2) is 22.9 Å². The summed E-state index contributed by atoms with van der Waals surface area (Å²) in [5, 5.41) is 3.46. The lowest BCUT2D eigenvalue weighted by atomic mass is 10.3. The lowest BCUT2D eigenvalue weighted by Crippen LogP contribution is -2.24. The summed E-state index contributed by atoms with van der Waals surface area (Å²) in [5.74, 6) is -2.17. The van der Waals surface area contributed by atoms with Gasteiger partial charge in [-0.2, -0.15) is 18.2 Å². The second-order valence-corrected chi connectivity index (χ2v) is 3.19. The van der Waals surface area contributed by atoms with Gasteiger partial charge in [0, 0.05) is 6.20 Å². The van der Waals surface area contributed by atoms with Crippen LogP contribution in [0, 0.1) is 0 Å². The maximum atomic E-state index is 12.0. The van der Waals surface area contributed by atoms with Crippen LogP contribution in [0.5, 0.6) is 0 Å². The fourth-order valence-corrected chi connectivity index (χ4v) is 1.14. The molecule has 17 heavy (non-hydrogen) atoms. The van der Waals surface area contributed by atoms with Crippen LogP contribution in [-0.2, 0) is 11.2 Å². The molecule has 90 valence electrons. The highest BCUT2D eigenvalue weighted by Crippen LogP contribution is 2.19. The van der Waals surface area contributed by atoms with E-state index in [9.17, 15) is 18.0 Å². The molecule has 0 radical (unpaired) electrons. The number of nitrogens with zero attached hydrogens (tertiary/aromatic N) is 2. The number of alkyl halides is 3. The van der Waals surface area contributed by atoms with Crippen molar-refractivity contribution < 1.29 is 22.5 Å². The van der Waals surface area contributed by atoms with E-state index in [2.05, 4.69) is 19.6 Å². The summed E-state index contributed by atoms with van der Waals surface area (Å²) in [6.45, 7) is 0. The van der Waals surface area contributed by atoms with Crippen LogP contribution in [0.1, 0.15) is 5.89 Å². The summed E-state index contributed by atoms with van der Waals surface area (Å²) in [6, 6.07) is 3.30. The number of hydrogen-bond donors (Lipinski definition) is 1. The number of carbonyl (C=O) groups excluding carboxylic acids is 1. The number of Topliss-reactive ketones (excluding diaryl/α,β-unsaturated/α-hetero) is 1. The normalized spacial score (nSPS) is 11.7. The van der Waals surface area contributed by atoms with E-state index < -0.39 is 18.4 Å². The van der Waals surface area contributed by atoms with Gasteiger partial charge in [0.05, 0.1) is 12.1 Å². The second kappa shape index (κ2) is 4.04. The molecule has 0 saturated carbocycles. The van der Waals surface area contributed by atoms with Crippen LogP contribution in [0.4, 0.5) is 13.2 Å². The highest BCUT2D eigenvalue weighted by atomic mass is 19.4. The quantitative estimate of drug-likeness (QED) is 0.893. The molecular formula is C9H6F3N3O2. The Hall–Kier alpha value is -2.12. The van der Waals surface area contributed by atoms with Crippen molar-refractivity contribution in [2.45, 2.75) is 12.6 Å². The maximum Gasteiger partial charge on any atom is 0.450 e. The van der Waals surface area contributed by atoms with E-state index in [1.807, 2.05) is 0 Å². The first kappa shape index (κ1) is 11.4. The second-order valence-electron chi connectivity index (χ2n) is 3.19. The average Bonchev–Trinajstić information content (AvgIpc) is 2.83. The van der Waals surface area contributed by atoms with Crippen LogP contribution >= 0.6 is 0 Å². The fourth-order valence-electron chi connectivity index (χ4n) is 1.14. The lowest BCUT2D eigenvalue weighted by Gasteiger charge is -2.00. The number of aromatic amines is 1. The summed E-state index contributed by atoms with van der Waals surface area (Å²) in [4.78, 5) is 17.1. The molecule has 8 heteroatoms. The van der Waals surface area contributed by atoms with E-state index in [0.717, 1.165) is 0 Å². The van der Waals surface area contributed by atoms with Crippen molar-refractivity contribution in [3.8, 4) is 11.5 Å². The molecule has 5 nitrogen and oxygen atoms in total. The first-order valence-electron chi connectivity index (χ1n) is 4.53. The van der Waals surface area contributed by atoms with Crippen molar-refractivity contribution in [2.24, 2.45) is 0 Å². The Morgan fingerprint density at radius 2 is 2.24 bits per heavy atom. The Morgan fingerprint density at radius 1 is 1.47 bits per heavy atom. The molecule has 2 heterocycles. The molecular weight excluding hydrogens is 239 g/mol. The van der Waals surface area contributed by atoms with Gasteiger partial charge >= 0.3 is 6.18 Å². The minimum absolute atomic E-state index is 0.111. The molecule has 0 saturated heterocycles. The first-order valence-corrected chi connectivity index (χ1v) is 4.53. The van der Waals surface area contributed by atoms with Gasteiger partial charge in [0.2, 0.25) is 17.5 Å². The zero-order valence-corrected chi connectivity index (χ0v) is 8.28. The molecule has 1 N–H and O–H groups in total. The minimum Gasteiger partial charge on any atom is -0.359 e. The number of carbonyl (C=O) groups is 1. The van der Waals surface area contributed by atoms with Gasteiger partial charge in [-0.1, -0.05) is 5.16 Å². The molecule has 2 rings (SSSR count). The first-order chi connectivity index (χ1) is 7.97.